The number of nitrogens with zero attached hydrogens (tertiary/aromatic N) is 1. The summed E-state index contributed by atoms with van der Waals surface area (Å²) in [6, 6.07) is 14.0. The Hall–Kier alpha value is -2.42. The van der Waals surface area contributed by atoms with Crippen molar-refractivity contribution >= 4 is 21.6 Å². The minimum Gasteiger partial charge on any atom is -0.396 e. The Balaban J connectivity index is 1.57. The monoisotopic (exact) mass is 485 g/mol. The maximum Gasteiger partial charge on any atom is 0.243 e. The van der Waals surface area contributed by atoms with Crippen LogP contribution < -0.4 is 10.0 Å². The van der Waals surface area contributed by atoms with Crippen LogP contribution in [0, 0.1) is 11.8 Å². The van der Waals surface area contributed by atoms with Gasteiger partial charge in [0.2, 0.25) is 15.9 Å². The van der Waals surface area contributed by atoms with E-state index in [2.05, 4.69) is 17.0 Å². The molecule has 4 rings (SSSR count). The topological polar surface area (TPSA) is 98.7 Å². The fourth-order valence-electron chi connectivity index (χ4n) is 5.02. The molecule has 7 nitrogen and oxygen atoms in total. The van der Waals surface area contributed by atoms with Gasteiger partial charge >= 0.3 is 0 Å². The van der Waals surface area contributed by atoms with Gasteiger partial charge in [-0.2, -0.15) is 4.72 Å². The summed E-state index contributed by atoms with van der Waals surface area (Å²) in [5.74, 6) is 0.642. The maximum absolute atomic E-state index is 13.6. The molecule has 1 fully saturated rings. The average Bonchev–Trinajstić information content (AvgIpc) is 2.84. The molecule has 1 saturated heterocycles. The van der Waals surface area contributed by atoms with Gasteiger partial charge in [0.15, 0.2) is 0 Å². The third-order valence-corrected chi connectivity index (χ3v) is 8.45. The Morgan fingerprint density at radius 2 is 1.88 bits per heavy atom. The van der Waals surface area contributed by atoms with Crippen LogP contribution in [0.4, 0.5) is 5.69 Å². The van der Waals surface area contributed by atoms with Crippen molar-refractivity contribution in [3.05, 3.63) is 59.7 Å². The van der Waals surface area contributed by atoms with Crippen LogP contribution in [0.25, 0.3) is 0 Å². The number of hydrogen-bond acceptors (Lipinski definition) is 5. The Labute approximate surface area is 202 Å². The third kappa shape index (κ3) is 5.79. The zero-order valence-corrected chi connectivity index (χ0v) is 20.6. The molecule has 0 saturated carbocycles. The number of benzene rings is 2. The van der Waals surface area contributed by atoms with Crippen molar-refractivity contribution in [2.45, 2.75) is 50.0 Å². The first kappa shape index (κ1) is 24.7. The van der Waals surface area contributed by atoms with E-state index in [1.165, 1.54) is 0 Å². The number of likely N-dealkylation sites (tertiary alicyclic amines) is 1. The highest BCUT2D eigenvalue weighted by molar-refractivity contribution is 7.89. The highest BCUT2D eigenvalue weighted by Gasteiger charge is 2.33. The first-order valence-electron chi connectivity index (χ1n) is 12.2. The van der Waals surface area contributed by atoms with E-state index in [9.17, 15) is 18.3 Å². The largest absolute Gasteiger partial charge is 0.396 e. The van der Waals surface area contributed by atoms with Crippen molar-refractivity contribution in [1.82, 2.24) is 9.62 Å². The molecule has 2 aliphatic rings. The number of anilines is 1. The quantitative estimate of drug-likeness (QED) is 0.534. The molecule has 0 radical (unpaired) electrons. The third-order valence-electron chi connectivity index (χ3n) is 6.94. The molecule has 0 aliphatic carbocycles. The highest BCUT2D eigenvalue weighted by Crippen LogP contribution is 2.31. The van der Waals surface area contributed by atoms with Gasteiger partial charge in [0.25, 0.3) is 0 Å². The van der Waals surface area contributed by atoms with Crippen LogP contribution in [0.5, 0.6) is 0 Å². The molecule has 0 spiro atoms. The number of hydrogen-bond donors (Lipinski definition) is 3. The number of nitrogens with one attached hydrogen (secondary N) is 2. The van der Waals surface area contributed by atoms with Crippen LogP contribution in [0.1, 0.15) is 37.3 Å². The summed E-state index contributed by atoms with van der Waals surface area (Å²) in [4.78, 5) is 15.5. The van der Waals surface area contributed by atoms with E-state index in [-0.39, 0.29) is 23.8 Å². The molecular weight excluding hydrogens is 450 g/mol. The van der Waals surface area contributed by atoms with Gasteiger partial charge in [-0.05, 0) is 61.1 Å². The van der Waals surface area contributed by atoms with Crippen LogP contribution in [-0.2, 0) is 27.7 Å². The number of aliphatic hydroxyl groups is 1. The predicted octanol–water partition coefficient (Wildman–Crippen LogP) is 2.80. The zero-order valence-electron chi connectivity index (χ0n) is 19.7. The lowest BCUT2D eigenvalue weighted by atomic mass is 9.93. The van der Waals surface area contributed by atoms with E-state index in [4.69, 9.17) is 0 Å². The molecule has 184 valence electrons. The molecule has 0 bridgehead atoms. The smallest absolute Gasteiger partial charge is 0.243 e. The van der Waals surface area contributed by atoms with Crippen molar-refractivity contribution < 1.29 is 18.3 Å². The average molecular weight is 486 g/mol. The van der Waals surface area contributed by atoms with Crippen molar-refractivity contribution in [2.24, 2.45) is 11.8 Å². The molecule has 1 amide bonds. The Morgan fingerprint density at radius 3 is 2.59 bits per heavy atom. The molecule has 34 heavy (non-hydrogen) atoms. The summed E-state index contributed by atoms with van der Waals surface area (Å²) < 4.78 is 29.9. The molecule has 3 N–H and O–H groups in total. The van der Waals surface area contributed by atoms with Crippen molar-refractivity contribution in [3.8, 4) is 0 Å². The van der Waals surface area contributed by atoms with Gasteiger partial charge in [0.05, 0.1) is 5.69 Å². The van der Waals surface area contributed by atoms with Gasteiger partial charge in [0, 0.05) is 26.2 Å². The Kier molecular flexibility index (Phi) is 7.91. The first-order chi connectivity index (χ1) is 16.4. The van der Waals surface area contributed by atoms with E-state index in [0.29, 0.717) is 37.2 Å². The second-order valence-electron chi connectivity index (χ2n) is 9.63. The number of rotatable bonds is 8. The number of piperidine rings is 1. The van der Waals surface area contributed by atoms with E-state index in [1.807, 2.05) is 36.4 Å². The van der Waals surface area contributed by atoms with Gasteiger partial charge in [-0.25, -0.2) is 8.42 Å². The summed E-state index contributed by atoms with van der Waals surface area (Å²) >= 11 is 0. The lowest BCUT2D eigenvalue weighted by Crippen LogP contribution is -2.51. The predicted molar refractivity (Wildman–Crippen MR) is 133 cm³/mol. The Bertz CT molecular complexity index is 1080. The molecular formula is C26H35N3O4S. The van der Waals surface area contributed by atoms with Crippen molar-refractivity contribution in [3.63, 3.8) is 0 Å². The molecule has 8 heteroatoms. The molecule has 0 aromatic heterocycles. The summed E-state index contributed by atoms with van der Waals surface area (Å²) in [5, 5.41) is 12.5. The van der Waals surface area contributed by atoms with Gasteiger partial charge in [0.1, 0.15) is 10.9 Å². The summed E-state index contributed by atoms with van der Waals surface area (Å²) in [7, 11) is -3.93. The standard InChI is InChI=1S/C26H35N3O4S/c1-19-16-22-8-5-9-24(25(22)27-18-19)34(32,33)28-23(17-21-6-3-2-4-7-21)26(31)29-13-10-20(11-14-29)12-15-30/h2-9,19-20,23,27-28,30H,10-18H2,1H3/t19?,23-/m0/s1. The lowest BCUT2D eigenvalue weighted by Gasteiger charge is -2.34. The van der Waals surface area contributed by atoms with Gasteiger partial charge < -0.3 is 15.3 Å². The van der Waals surface area contributed by atoms with Crippen LogP contribution >= 0.6 is 0 Å². The fraction of sp³-hybridized carbons (Fsp3) is 0.500. The molecule has 2 aromatic carbocycles. The molecule has 2 aromatic rings. The minimum atomic E-state index is -3.93. The summed E-state index contributed by atoms with van der Waals surface area (Å²) in [6.45, 7) is 4.17. The van der Waals surface area contributed by atoms with Crippen LogP contribution in [0.3, 0.4) is 0 Å². The maximum atomic E-state index is 13.6. The van der Waals surface area contributed by atoms with Crippen molar-refractivity contribution in [2.75, 3.05) is 31.6 Å². The number of amides is 1. The number of carbonyl (C=O) groups is 1. The normalized spacial score (nSPS) is 19.8. The minimum absolute atomic E-state index is 0.156. The van der Waals surface area contributed by atoms with Gasteiger partial charge in [-0.15, -0.1) is 0 Å². The Morgan fingerprint density at radius 1 is 1.15 bits per heavy atom. The fourth-order valence-corrected chi connectivity index (χ4v) is 6.44. The molecule has 1 unspecified atom stereocenters. The highest BCUT2D eigenvalue weighted by atomic mass is 32.2. The summed E-state index contributed by atoms with van der Waals surface area (Å²) in [6.07, 6.45) is 3.50. The SMILES string of the molecule is CC1CNc2c(cccc2S(=O)(=O)N[C@@H](Cc2ccccc2)C(=O)N2CCC(CCO)CC2)C1. The number of carbonyl (C=O) groups excluding carboxylic acids is 1. The van der Waals surface area contributed by atoms with E-state index < -0.39 is 16.1 Å². The number of sulfonamides is 1. The second kappa shape index (κ2) is 10.9. The van der Waals surface area contributed by atoms with Crippen LogP contribution in [0.15, 0.2) is 53.4 Å². The van der Waals surface area contributed by atoms with Crippen LogP contribution in [-0.4, -0.2) is 56.6 Å². The van der Waals surface area contributed by atoms with Gasteiger partial charge in [-0.1, -0.05) is 49.4 Å². The van der Waals surface area contributed by atoms with Crippen LogP contribution in [0.2, 0.25) is 0 Å². The first-order valence-corrected chi connectivity index (χ1v) is 13.7. The number of fused-ring (bicyclic) bond motifs is 1. The molecule has 2 heterocycles. The second-order valence-corrected chi connectivity index (χ2v) is 11.3. The van der Waals surface area contributed by atoms with E-state index >= 15 is 0 Å². The number of para-hydroxylation sites is 1. The van der Waals surface area contributed by atoms with Crippen molar-refractivity contribution in [1.29, 1.82) is 0 Å². The summed E-state index contributed by atoms with van der Waals surface area (Å²) in [5.41, 5.74) is 2.53. The van der Waals surface area contributed by atoms with Gasteiger partial charge in [-0.3, -0.25) is 4.79 Å². The van der Waals surface area contributed by atoms with E-state index in [1.54, 1.807) is 17.0 Å². The zero-order chi connectivity index (χ0) is 24.1. The number of aliphatic hydroxyl groups excluding tert-OH is 1. The lowest BCUT2D eigenvalue weighted by molar-refractivity contribution is -0.134. The van der Waals surface area contributed by atoms with E-state index in [0.717, 1.165) is 36.8 Å². The molecule has 2 atom stereocenters. The molecule has 2 aliphatic heterocycles.